The second-order valence-corrected chi connectivity index (χ2v) is 17.3. The number of rotatable bonds is 45. The van der Waals surface area contributed by atoms with Crippen LogP contribution in [0.1, 0.15) is 245 Å². The lowest BCUT2D eigenvalue weighted by Gasteiger charge is -2.24. The number of unbranched alkanes of at least 4 members (excludes halogenated alkanes) is 25. The monoisotopic (exact) mass is 840 g/mol. The molecule has 0 aromatic rings. The van der Waals surface area contributed by atoms with E-state index in [2.05, 4.69) is 80.8 Å². The van der Waals surface area contributed by atoms with Crippen LogP contribution in [0.5, 0.6) is 0 Å². The second-order valence-electron chi connectivity index (χ2n) is 17.3. The molecule has 6 heteroatoms. The van der Waals surface area contributed by atoms with Crippen molar-refractivity contribution in [3.05, 3.63) is 60.8 Å². The van der Waals surface area contributed by atoms with Crippen molar-refractivity contribution in [3.63, 3.8) is 0 Å². The molecule has 0 saturated heterocycles. The summed E-state index contributed by atoms with van der Waals surface area (Å²) in [4.78, 5) is 26.1. The van der Waals surface area contributed by atoms with Crippen LogP contribution in [0.25, 0.3) is 0 Å². The Labute approximate surface area is 371 Å². The van der Waals surface area contributed by atoms with E-state index in [1.807, 2.05) is 6.08 Å². The average Bonchev–Trinajstić information content (AvgIpc) is 3.24. The van der Waals surface area contributed by atoms with Gasteiger partial charge in [0.05, 0.1) is 25.2 Å². The van der Waals surface area contributed by atoms with Gasteiger partial charge in [-0.05, 0) is 70.6 Å². The van der Waals surface area contributed by atoms with Crippen LogP contribution in [0.15, 0.2) is 60.8 Å². The topological polar surface area (TPSA) is 95.9 Å². The maximum Gasteiger partial charge on any atom is 0.306 e. The highest BCUT2D eigenvalue weighted by Crippen LogP contribution is 2.17. The standard InChI is InChI=1S/C54H97NO5/c1-4-7-10-13-16-19-22-25-26-27-29-30-33-36-39-42-45-50(60-54(59)47-44-41-38-35-32-28-23-20-17-14-11-8-5-2)48-53(58)55-51(49-56)52(57)46-43-40-37-34-31-24-21-18-15-12-9-6-3/h22,25-30,32,38,41,50-52,56-57H,4-21,23-24,31,33-37,39-40,42-49H2,1-3H3,(H,55,58)/b25-22+,27-26+,30-29+,32-28-,41-38+. The Bertz CT molecular complexity index is 1080. The van der Waals surface area contributed by atoms with Crippen LogP contribution in [0.4, 0.5) is 0 Å². The SMILES string of the molecule is CCCCCCC/C=C/C=C/C=C/CCCCCC(CC(=O)NC(CO)C(O)CCCCCCCCCCCCCC)OC(=O)CC/C=C/C/C=C\CCCCCCCC. The molecule has 0 aromatic carbocycles. The maximum absolute atomic E-state index is 13.2. The molecule has 3 unspecified atom stereocenters. The third-order valence-corrected chi connectivity index (χ3v) is 11.4. The number of esters is 1. The Morgan fingerprint density at radius 1 is 0.500 bits per heavy atom. The van der Waals surface area contributed by atoms with Gasteiger partial charge in [0.2, 0.25) is 5.91 Å². The van der Waals surface area contributed by atoms with E-state index in [0.717, 1.165) is 64.2 Å². The first-order valence-electron chi connectivity index (χ1n) is 25.5. The van der Waals surface area contributed by atoms with Crippen LogP contribution in [0.3, 0.4) is 0 Å². The molecule has 0 radical (unpaired) electrons. The number of hydrogen-bond acceptors (Lipinski definition) is 5. The van der Waals surface area contributed by atoms with Gasteiger partial charge in [-0.15, -0.1) is 0 Å². The minimum Gasteiger partial charge on any atom is -0.462 e. The fourth-order valence-corrected chi connectivity index (χ4v) is 7.48. The van der Waals surface area contributed by atoms with Gasteiger partial charge in [0.25, 0.3) is 0 Å². The molecule has 0 heterocycles. The van der Waals surface area contributed by atoms with E-state index in [1.54, 1.807) is 0 Å². The highest BCUT2D eigenvalue weighted by atomic mass is 16.5. The lowest BCUT2D eigenvalue weighted by Crippen LogP contribution is -2.46. The number of aliphatic hydroxyl groups is 2. The van der Waals surface area contributed by atoms with E-state index < -0.39 is 18.2 Å². The third kappa shape index (κ3) is 42.3. The predicted octanol–water partition coefficient (Wildman–Crippen LogP) is 15.2. The van der Waals surface area contributed by atoms with Crippen molar-refractivity contribution < 1.29 is 24.5 Å². The summed E-state index contributed by atoms with van der Waals surface area (Å²) in [7, 11) is 0. The number of carbonyl (C=O) groups is 2. The quantitative estimate of drug-likeness (QED) is 0.0246. The molecule has 0 spiro atoms. The van der Waals surface area contributed by atoms with Crippen molar-refractivity contribution in [1.29, 1.82) is 0 Å². The highest BCUT2D eigenvalue weighted by molar-refractivity contribution is 5.77. The van der Waals surface area contributed by atoms with Crippen LogP contribution in [-0.2, 0) is 14.3 Å². The number of allylic oxidation sites excluding steroid dienone is 10. The first-order valence-corrected chi connectivity index (χ1v) is 25.5. The van der Waals surface area contributed by atoms with E-state index >= 15 is 0 Å². The molecule has 6 nitrogen and oxygen atoms in total. The molecule has 0 aromatic heterocycles. The van der Waals surface area contributed by atoms with Gasteiger partial charge in [-0.25, -0.2) is 0 Å². The normalized spacial score (nSPS) is 13.8. The smallest absolute Gasteiger partial charge is 0.306 e. The summed E-state index contributed by atoms with van der Waals surface area (Å²) in [6, 6.07) is -0.724. The molecule has 348 valence electrons. The molecule has 60 heavy (non-hydrogen) atoms. The molecular formula is C54H97NO5. The van der Waals surface area contributed by atoms with Gasteiger partial charge in [-0.1, -0.05) is 223 Å². The Morgan fingerprint density at radius 2 is 0.917 bits per heavy atom. The molecule has 0 fully saturated rings. The summed E-state index contributed by atoms with van der Waals surface area (Å²) in [5.74, 6) is -0.587. The zero-order valence-electron chi connectivity index (χ0n) is 39.6. The van der Waals surface area contributed by atoms with Crippen molar-refractivity contribution in [1.82, 2.24) is 5.32 Å². The van der Waals surface area contributed by atoms with E-state index in [-0.39, 0.29) is 31.3 Å². The van der Waals surface area contributed by atoms with Crippen molar-refractivity contribution >= 4 is 11.9 Å². The molecule has 0 rings (SSSR count). The second kappa shape index (κ2) is 47.6. The van der Waals surface area contributed by atoms with Crippen LogP contribution < -0.4 is 5.32 Å². The zero-order chi connectivity index (χ0) is 43.8. The lowest BCUT2D eigenvalue weighted by molar-refractivity contribution is -0.150. The van der Waals surface area contributed by atoms with E-state index in [1.165, 1.54) is 128 Å². The Kier molecular flexibility index (Phi) is 45.7. The number of nitrogens with one attached hydrogen (secondary N) is 1. The molecular weight excluding hydrogens is 743 g/mol. The molecule has 3 N–H and O–H groups in total. The number of carbonyl (C=O) groups excluding carboxylic acids is 2. The van der Waals surface area contributed by atoms with Crippen molar-refractivity contribution in [2.75, 3.05) is 6.61 Å². The summed E-state index contributed by atoms with van der Waals surface area (Å²) < 4.78 is 5.87. The molecule has 3 atom stereocenters. The largest absolute Gasteiger partial charge is 0.462 e. The fraction of sp³-hybridized carbons (Fsp3) is 0.778. The van der Waals surface area contributed by atoms with E-state index in [9.17, 15) is 19.8 Å². The summed E-state index contributed by atoms with van der Waals surface area (Å²) in [5.41, 5.74) is 0. The number of amides is 1. The molecule has 0 aliphatic heterocycles. The summed E-state index contributed by atoms with van der Waals surface area (Å²) >= 11 is 0. The van der Waals surface area contributed by atoms with Gasteiger partial charge in [-0.3, -0.25) is 9.59 Å². The summed E-state index contributed by atoms with van der Waals surface area (Å²) in [6.07, 6.45) is 58.6. The zero-order valence-corrected chi connectivity index (χ0v) is 39.6. The highest BCUT2D eigenvalue weighted by Gasteiger charge is 2.24. The Hall–Kier alpha value is -2.44. The predicted molar refractivity (Wildman–Crippen MR) is 259 cm³/mol. The molecule has 0 saturated carbocycles. The lowest BCUT2D eigenvalue weighted by atomic mass is 10.0. The van der Waals surface area contributed by atoms with Crippen LogP contribution in [0, 0.1) is 0 Å². The van der Waals surface area contributed by atoms with Gasteiger partial charge in [0, 0.05) is 6.42 Å². The maximum atomic E-state index is 13.2. The first-order chi connectivity index (χ1) is 29.5. The van der Waals surface area contributed by atoms with E-state index in [4.69, 9.17) is 4.74 Å². The molecule has 0 aliphatic carbocycles. The Morgan fingerprint density at radius 3 is 1.42 bits per heavy atom. The molecule has 0 aliphatic rings. The van der Waals surface area contributed by atoms with Crippen molar-refractivity contribution in [2.24, 2.45) is 0 Å². The first kappa shape index (κ1) is 57.6. The van der Waals surface area contributed by atoms with Gasteiger partial charge in [-0.2, -0.15) is 0 Å². The van der Waals surface area contributed by atoms with Crippen LogP contribution >= 0.6 is 0 Å². The summed E-state index contributed by atoms with van der Waals surface area (Å²) in [5, 5.41) is 23.7. The minimum atomic E-state index is -0.806. The minimum absolute atomic E-state index is 0.0315. The van der Waals surface area contributed by atoms with Crippen LogP contribution in [0.2, 0.25) is 0 Å². The van der Waals surface area contributed by atoms with Gasteiger partial charge in [0.15, 0.2) is 0 Å². The number of aliphatic hydroxyl groups excluding tert-OH is 2. The van der Waals surface area contributed by atoms with E-state index in [0.29, 0.717) is 19.3 Å². The van der Waals surface area contributed by atoms with Crippen molar-refractivity contribution in [2.45, 2.75) is 264 Å². The number of hydrogen-bond donors (Lipinski definition) is 3. The third-order valence-electron chi connectivity index (χ3n) is 11.4. The number of ether oxygens (including phenoxy) is 1. The van der Waals surface area contributed by atoms with Gasteiger partial charge in [0.1, 0.15) is 6.10 Å². The molecule has 0 bridgehead atoms. The summed E-state index contributed by atoms with van der Waals surface area (Å²) in [6.45, 7) is 6.43. The van der Waals surface area contributed by atoms with Crippen LogP contribution in [-0.4, -0.2) is 46.9 Å². The average molecular weight is 840 g/mol. The fourth-order valence-electron chi connectivity index (χ4n) is 7.48. The molecule has 1 amide bonds. The van der Waals surface area contributed by atoms with Gasteiger partial charge < -0.3 is 20.3 Å². The van der Waals surface area contributed by atoms with Gasteiger partial charge >= 0.3 is 5.97 Å². The van der Waals surface area contributed by atoms with Crippen molar-refractivity contribution in [3.8, 4) is 0 Å². The Balaban J connectivity index is 4.74.